The summed E-state index contributed by atoms with van der Waals surface area (Å²) in [6.07, 6.45) is 4.35. The molecule has 0 fully saturated rings. The van der Waals surface area contributed by atoms with Gasteiger partial charge in [-0.15, -0.1) is 0 Å². The fourth-order valence-electron chi connectivity index (χ4n) is 2.52. The molecule has 0 bridgehead atoms. The molecule has 2 aromatic carbocycles. The number of carbonyl (C=O) groups is 1. The Morgan fingerprint density at radius 1 is 1.00 bits per heavy atom. The molecule has 0 aliphatic carbocycles. The van der Waals surface area contributed by atoms with Crippen molar-refractivity contribution in [3.63, 3.8) is 0 Å². The van der Waals surface area contributed by atoms with Gasteiger partial charge in [-0.05, 0) is 23.8 Å². The molecule has 3 rings (SSSR count). The highest BCUT2D eigenvalue weighted by Crippen LogP contribution is 2.17. The van der Waals surface area contributed by atoms with Crippen molar-refractivity contribution in [2.45, 2.75) is 6.54 Å². The predicted octanol–water partition coefficient (Wildman–Crippen LogP) is 4.05. The van der Waals surface area contributed by atoms with Gasteiger partial charge in [-0.1, -0.05) is 58.4 Å². The summed E-state index contributed by atoms with van der Waals surface area (Å²) in [7, 11) is 0. The first-order valence-electron chi connectivity index (χ1n) is 6.99. The summed E-state index contributed by atoms with van der Waals surface area (Å²) < 4.78 is 0.924. The summed E-state index contributed by atoms with van der Waals surface area (Å²) in [4.78, 5) is 14.9. The van der Waals surface area contributed by atoms with Gasteiger partial charge in [-0.3, -0.25) is 9.69 Å². The molecule has 0 saturated carbocycles. The Morgan fingerprint density at radius 3 is 2.38 bits per heavy atom. The average molecular weight is 342 g/mol. The van der Waals surface area contributed by atoms with Crippen molar-refractivity contribution in [3.8, 4) is 0 Å². The van der Waals surface area contributed by atoms with E-state index >= 15 is 0 Å². The second-order valence-electron chi connectivity index (χ2n) is 5.21. The lowest BCUT2D eigenvalue weighted by atomic mass is 10.0. The van der Waals surface area contributed by atoms with E-state index in [2.05, 4.69) is 39.0 Å². The van der Waals surface area contributed by atoms with Crippen LogP contribution in [0.3, 0.4) is 0 Å². The maximum atomic E-state index is 12.5. The Labute approximate surface area is 133 Å². The average Bonchev–Trinajstić information content (AvgIpc) is 3.00. The number of halogens is 1. The van der Waals surface area contributed by atoms with E-state index in [4.69, 9.17) is 0 Å². The molecule has 2 aromatic rings. The number of hydrogen-bond donors (Lipinski definition) is 0. The van der Waals surface area contributed by atoms with Crippen LogP contribution in [0.5, 0.6) is 0 Å². The quantitative estimate of drug-likeness (QED) is 0.617. The standard InChI is InChI=1S/C18H16BrNO/c19-17-8-4-7-16(12-17)18(21)15-6-3-5-14(11-15)13-20-9-1-2-10-20/h1-8,11-12H,9-10,13H2. The van der Waals surface area contributed by atoms with E-state index in [9.17, 15) is 4.79 Å². The van der Waals surface area contributed by atoms with Gasteiger partial charge in [-0.25, -0.2) is 0 Å². The molecule has 0 spiro atoms. The normalized spacial score (nSPS) is 14.5. The van der Waals surface area contributed by atoms with Crippen LogP contribution in [0.1, 0.15) is 21.5 Å². The highest BCUT2D eigenvalue weighted by molar-refractivity contribution is 9.10. The highest BCUT2D eigenvalue weighted by atomic mass is 79.9. The van der Waals surface area contributed by atoms with Gasteiger partial charge in [0.25, 0.3) is 0 Å². The number of ketones is 1. The van der Waals surface area contributed by atoms with Crippen molar-refractivity contribution < 1.29 is 4.79 Å². The van der Waals surface area contributed by atoms with E-state index in [1.54, 1.807) is 0 Å². The zero-order chi connectivity index (χ0) is 14.7. The van der Waals surface area contributed by atoms with E-state index in [0.717, 1.165) is 29.7 Å². The smallest absolute Gasteiger partial charge is 0.193 e. The maximum Gasteiger partial charge on any atom is 0.193 e. The largest absolute Gasteiger partial charge is 0.292 e. The Bertz CT molecular complexity index is 685. The minimum absolute atomic E-state index is 0.0673. The molecule has 1 aliphatic heterocycles. The van der Waals surface area contributed by atoms with Crippen LogP contribution < -0.4 is 0 Å². The monoisotopic (exact) mass is 341 g/mol. The molecule has 1 heterocycles. The van der Waals surface area contributed by atoms with E-state index in [1.165, 1.54) is 5.56 Å². The second-order valence-corrected chi connectivity index (χ2v) is 6.12. The topological polar surface area (TPSA) is 20.3 Å². The molecule has 0 N–H and O–H groups in total. The summed E-state index contributed by atoms with van der Waals surface area (Å²) in [5, 5.41) is 0. The maximum absolute atomic E-state index is 12.5. The zero-order valence-corrected chi connectivity index (χ0v) is 13.2. The van der Waals surface area contributed by atoms with Crippen LogP contribution in [0.15, 0.2) is 65.2 Å². The lowest BCUT2D eigenvalue weighted by Gasteiger charge is -2.15. The molecule has 0 amide bonds. The third kappa shape index (κ3) is 3.49. The molecule has 21 heavy (non-hydrogen) atoms. The SMILES string of the molecule is O=C(c1cccc(Br)c1)c1cccc(CN2CC=CC2)c1. The number of hydrogen-bond acceptors (Lipinski definition) is 2. The Hall–Kier alpha value is -1.71. The molecule has 1 aliphatic rings. The first kappa shape index (κ1) is 14.2. The molecule has 0 unspecified atom stereocenters. The molecule has 3 heteroatoms. The summed E-state index contributed by atoms with van der Waals surface area (Å²) in [6, 6.07) is 15.4. The van der Waals surface area contributed by atoms with Crippen molar-refractivity contribution in [1.29, 1.82) is 0 Å². The van der Waals surface area contributed by atoms with E-state index in [1.807, 2.05) is 42.5 Å². The predicted molar refractivity (Wildman–Crippen MR) is 88.4 cm³/mol. The Kier molecular flexibility index (Phi) is 4.32. The van der Waals surface area contributed by atoms with Crippen LogP contribution in [0.2, 0.25) is 0 Å². The van der Waals surface area contributed by atoms with Crippen LogP contribution >= 0.6 is 15.9 Å². The van der Waals surface area contributed by atoms with Gasteiger partial charge in [0.15, 0.2) is 5.78 Å². The summed E-state index contributed by atoms with van der Waals surface area (Å²) in [5.41, 5.74) is 2.64. The van der Waals surface area contributed by atoms with Crippen LogP contribution in [-0.2, 0) is 6.54 Å². The summed E-state index contributed by atoms with van der Waals surface area (Å²) in [6.45, 7) is 2.86. The van der Waals surface area contributed by atoms with Crippen LogP contribution in [0.25, 0.3) is 0 Å². The fraction of sp³-hybridized carbons (Fsp3) is 0.167. The van der Waals surface area contributed by atoms with Crippen molar-refractivity contribution in [1.82, 2.24) is 4.90 Å². The highest BCUT2D eigenvalue weighted by Gasteiger charge is 2.12. The number of rotatable bonds is 4. The van der Waals surface area contributed by atoms with Crippen molar-refractivity contribution >= 4 is 21.7 Å². The van der Waals surface area contributed by atoms with Crippen LogP contribution in [0, 0.1) is 0 Å². The molecule has 106 valence electrons. The number of benzene rings is 2. The van der Waals surface area contributed by atoms with Gasteiger partial charge in [0.1, 0.15) is 0 Å². The van der Waals surface area contributed by atoms with Gasteiger partial charge in [0.2, 0.25) is 0 Å². The summed E-state index contributed by atoms with van der Waals surface area (Å²) >= 11 is 3.41. The van der Waals surface area contributed by atoms with Gasteiger partial charge in [-0.2, -0.15) is 0 Å². The van der Waals surface area contributed by atoms with Crippen molar-refractivity contribution in [2.75, 3.05) is 13.1 Å². The molecular weight excluding hydrogens is 326 g/mol. The van der Waals surface area contributed by atoms with Crippen molar-refractivity contribution in [3.05, 3.63) is 81.8 Å². The Balaban J connectivity index is 1.80. The molecule has 0 radical (unpaired) electrons. The van der Waals surface area contributed by atoms with Gasteiger partial charge in [0.05, 0.1) is 0 Å². The van der Waals surface area contributed by atoms with Crippen LogP contribution in [-0.4, -0.2) is 23.8 Å². The van der Waals surface area contributed by atoms with E-state index in [-0.39, 0.29) is 5.78 Å². The third-order valence-electron chi connectivity index (χ3n) is 3.58. The molecule has 2 nitrogen and oxygen atoms in total. The van der Waals surface area contributed by atoms with Gasteiger partial charge >= 0.3 is 0 Å². The zero-order valence-electron chi connectivity index (χ0n) is 11.6. The lowest BCUT2D eigenvalue weighted by molar-refractivity contribution is 0.103. The third-order valence-corrected chi connectivity index (χ3v) is 4.07. The number of carbonyl (C=O) groups excluding carboxylic acids is 1. The minimum atomic E-state index is 0.0673. The lowest BCUT2D eigenvalue weighted by Crippen LogP contribution is -2.19. The molecule has 0 saturated heterocycles. The first-order valence-corrected chi connectivity index (χ1v) is 7.78. The molecule has 0 aromatic heterocycles. The summed E-state index contributed by atoms with van der Waals surface area (Å²) in [5.74, 6) is 0.0673. The minimum Gasteiger partial charge on any atom is -0.292 e. The fourth-order valence-corrected chi connectivity index (χ4v) is 2.92. The van der Waals surface area contributed by atoms with E-state index in [0.29, 0.717) is 5.56 Å². The van der Waals surface area contributed by atoms with Crippen molar-refractivity contribution in [2.24, 2.45) is 0 Å². The van der Waals surface area contributed by atoms with Gasteiger partial charge < -0.3 is 0 Å². The number of nitrogens with zero attached hydrogens (tertiary/aromatic N) is 1. The first-order chi connectivity index (χ1) is 10.2. The second kappa shape index (κ2) is 6.37. The molecular formula is C18H16BrNO. The van der Waals surface area contributed by atoms with Crippen LogP contribution in [0.4, 0.5) is 0 Å². The van der Waals surface area contributed by atoms with Gasteiger partial charge in [0, 0.05) is 35.2 Å². The van der Waals surface area contributed by atoms with E-state index < -0.39 is 0 Å². The Morgan fingerprint density at radius 2 is 1.67 bits per heavy atom. The molecule has 0 atom stereocenters.